The molecule has 1 aliphatic carbocycles. The van der Waals surface area contributed by atoms with Crippen LogP contribution in [0.2, 0.25) is 0 Å². The third-order valence-electron chi connectivity index (χ3n) is 4.99. The number of nitriles is 1. The molecular weight excluding hydrogens is 302 g/mol. The molecular formula is C19H25N3O2. The predicted molar refractivity (Wildman–Crippen MR) is 91.2 cm³/mol. The van der Waals surface area contributed by atoms with Gasteiger partial charge >= 0.3 is 0 Å². The van der Waals surface area contributed by atoms with Gasteiger partial charge in [0.25, 0.3) is 0 Å². The number of carbonyl (C=O) groups is 1. The molecule has 0 spiro atoms. The lowest BCUT2D eigenvalue weighted by molar-refractivity contribution is -0.150. The zero-order chi connectivity index (χ0) is 16.9. The summed E-state index contributed by atoms with van der Waals surface area (Å²) in [5.74, 6) is 0.200. The van der Waals surface area contributed by atoms with Gasteiger partial charge in [-0.15, -0.1) is 0 Å². The van der Waals surface area contributed by atoms with Gasteiger partial charge in [0.05, 0.1) is 36.9 Å². The number of benzene rings is 1. The zero-order valence-electron chi connectivity index (χ0n) is 14.3. The minimum absolute atomic E-state index is 0.200. The fraction of sp³-hybridized carbons (Fsp3) is 0.579. The van der Waals surface area contributed by atoms with Crippen LogP contribution >= 0.6 is 0 Å². The molecule has 1 amide bonds. The third-order valence-corrected chi connectivity index (χ3v) is 4.99. The normalized spacial score (nSPS) is 23.6. The average Bonchev–Trinajstić information content (AvgIpc) is 2.61. The molecule has 1 heterocycles. The first-order valence-electron chi connectivity index (χ1n) is 8.76. The molecule has 0 N–H and O–H groups in total. The van der Waals surface area contributed by atoms with Crippen molar-refractivity contribution in [1.82, 2.24) is 9.80 Å². The highest BCUT2D eigenvalue weighted by molar-refractivity contribution is 5.78. The second-order valence-electron chi connectivity index (χ2n) is 6.83. The molecule has 2 atom stereocenters. The summed E-state index contributed by atoms with van der Waals surface area (Å²) in [6.07, 6.45) is 4.78. The smallest absolute Gasteiger partial charge is 0.237 e. The molecule has 5 nitrogen and oxygen atoms in total. The largest absolute Gasteiger partial charge is 0.374 e. The van der Waals surface area contributed by atoms with E-state index in [4.69, 9.17) is 10.00 Å². The second-order valence-corrected chi connectivity index (χ2v) is 6.83. The number of fused-ring (bicyclic) bond motifs is 1. The highest BCUT2D eigenvalue weighted by atomic mass is 16.5. The number of hydrogen-bond acceptors (Lipinski definition) is 4. The molecule has 1 aliphatic heterocycles. The van der Waals surface area contributed by atoms with Crippen LogP contribution in [0.3, 0.4) is 0 Å². The monoisotopic (exact) mass is 327 g/mol. The summed E-state index contributed by atoms with van der Waals surface area (Å²) in [6, 6.07) is 9.93. The van der Waals surface area contributed by atoms with E-state index in [1.54, 1.807) is 0 Å². The summed E-state index contributed by atoms with van der Waals surface area (Å²) in [5.41, 5.74) is 1.77. The van der Waals surface area contributed by atoms with E-state index in [1.807, 2.05) is 41.1 Å². The van der Waals surface area contributed by atoms with Crippen LogP contribution in [0, 0.1) is 11.3 Å². The van der Waals surface area contributed by atoms with Gasteiger partial charge < -0.3 is 9.64 Å². The lowest BCUT2D eigenvalue weighted by Gasteiger charge is -2.44. The van der Waals surface area contributed by atoms with Crippen LogP contribution in [0.15, 0.2) is 24.3 Å². The van der Waals surface area contributed by atoms with E-state index in [1.165, 1.54) is 12.8 Å². The standard InChI is InChI=1S/C19H25N3O2/c1-21(13-16-8-6-15(12-20)7-9-16)14-19(23)22-10-11-24-18-5-3-2-4-17(18)22/h6-9,17-18H,2-5,10-11,13-14H2,1H3/t17-,18-/m0/s1. The molecule has 1 aromatic carbocycles. The average molecular weight is 327 g/mol. The Morgan fingerprint density at radius 2 is 2.08 bits per heavy atom. The second kappa shape index (κ2) is 7.78. The minimum atomic E-state index is 0.200. The first kappa shape index (κ1) is 16.9. The molecule has 24 heavy (non-hydrogen) atoms. The number of morpholine rings is 1. The van der Waals surface area contributed by atoms with Crippen LogP contribution < -0.4 is 0 Å². The van der Waals surface area contributed by atoms with Crippen LogP contribution in [0.4, 0.5) is 0 Å². The number of nitrogens with zero attached hydrogens (tertiary/aromatic N) is 3. The van der Waals surface area contributed by atoms with E-state index in [2.05, 4.69) is 6.07 Å². The molecule has 0 unspecified atom stereocenters. The molecule has 2 aliphatic rings. The molecule has 1 saturated carbocycles. The Morgan fingerprint density at radius 3 is 2.83 bits per heavy atom. The molecule has 5 heteroatoms. The Hall–Kier alpha value is -1.90. The van der Waals surface area contributed by atoms with Crippen LogP contribution in [-0.4, -0.2) is 54.6 Å². The summed E-state index contributed by atoms with van der Waals surface area (Å²) < 4.78 is 5.85. The van der Waals surface area contributed by atoms with Gasteiger partial charge in [0.2, 0.25) is 5.91 Å². The van der Waals surface area contributed by atoms with Gasteiger partial charge in [-0.2, -0.15) is 5.26 Å². The summed E-state index contributed by atoms with van der Waals surface area (Å²) in [7, 11) is 1.97. The predicted octanol–water partition coefficient (Wildman–Crippen LogP) is 2.16. The molecule has 1 saturated heterocycles. The van der Waals surface area contributed by atoms with Gasteiger partial charge in [0, 0.05) is 13.1 Å². The topological polar surface area (TPSA) is 56.6 Å². The fourth-order valence-corrected chi connectivity index (χ4v) is 3.78. The van der Waals surface area contributed by atoms with Crippen molar-refractivity contribution in [3.63, 3.8) is 0 Å². The Morgan fingerprint density at radius 1 is 1.33 bits per heavy atom. The number of amides is 1. The van der Waals surface area contributed by atoms with Crippen molar-refractivity contribution in [2.45, 2.75) is 44.4 Å². The van der Waals surface area contributed by atoms with E-state index in [0.717, 1.165) is 18.4 Å². The Bertz CT molecular complexity index is 606. The number of ether oxygens (including phenoxy) is 1. The minimum Gasteiger partial charge on any atom is -0.374 e. The van der Waals surface area contributed by atoms with E-state index >= 15 is 0 Å². The van der Waals surface area contributed by atoms with Crippen molar-refractivity contribution in [2.75, 3.05) is 26.7 Å². The van der Waals surface area contributed by atoms with Gasteiger partial charge in [0.15, 0.2) is 0 Å². The maximum atomic E-state index is 12.7. The van der Waals surface area contributed by atoms with Crippen molar-refractivity contribution >= 4 is 5.91 Å². The van der Waals surface area contributed by atoms with Crippen molar-refractivity contribution in [2.24, 2.45) is 0 Å². The van der Waals surface area contributed by atoms with Gasteiger partial charge in [-0.05, 0) is 37.6 Å². The van der Waals surface area contributed by atoms with Crippen molar-refractivity contribution in [3.05, 3.63) is 35.4 Å². The molecule has 128 valence electrons. The molecule has 1 aromatic rings. The van der Waals surface area contributed by atoms with Crippen LogP contribution in [-0.2, 0) is 16.1 Å². The summed E-state index contributed by atoms with van der Waals surface area (Å²) in [5, 5.41) is 8.85. The summed E-state index contributed by atoms with van der Waals surface area (Å²) in [6.45, 7) is 2.50. The van der Waals surface area contributed by atoms with Gasteiger partial charge in [-0.25, -0.2) is 0 Å². The van der Waals surface area contributed by atoms with Crippen molar-refractivity contribution in [3.8, 4) is 6.07 Å². The zero-order valence-corrected chi connectivity index (χ0v) is 14.3. The van der Waals surface area contributed by atoms with Crippen LogP contribution in [0.1, 0.15) is 36.8 Å². The SMILES string of the molecule is CN(CC(=O)N1CCO[C@H]2CCCC[C@@H]21)Cc1ccc(C#N)cc1. The third kappa shape index (κ3) is 3.95. The first-order valence-corrected chi connectivity index (χ1v) is 8.76. The number of carbonyl (C=O) groups excluding carboxylic acids is 1. The molecule has 0 radical (unpaired) electrons. The molecule has 3 rings (SSSR count). The van der Waals surface area contributed by atoms with Crippen LogP contribution in [0.25, 0.3) is 0 Å². The van der Waals surface area contributed by atoms with E-state index < -0.39 is 0 Å². The lowest BCUT2D eigenvalue weighted by Crippen LogP contribution is -2.56. The highest BCUT2D eigenvalue weighted by Crippen LogP contribution is 2.28. The number of likely N-dealkylation sites (N-methyl/N-ethyl adjacent to an activating group) is 1. The van der Waals surface area contributed by atoms with Gasteiger partial charge in [0.1, 0.15) is 0 Å². The Balaban J connectivity index is 1.56. The first-order chi connectivity index (χ1) is 11.7. The number of hydrogen-bond donors (Lipinski definition) is 0. The molecule has 0 aromatic heterocycles. The molecule has 0 bridgehead atoms. The molecule has 2 fully saturated rings. The Kier molecular flexibility index (Phi) is 5.49. The maximum absolute atomic E-state index is 12.7. The summed E-state index contributed by atoms with van der Waals surface area (Å²) in [4.78, 5) is 16.8. The maximum Gasteiger partial charge on any atom is 0.237 e. The van der Waals surface area contributed by atoms with E-state index in [-0.39, 0.29) is 18.1 Å². The van der Waals surface area contributed by atoms with Crippen molar-refractivity contribution < 1.29 is 9.53 Å². The number of rotatable bonds is 4. The summed E-state index contributed by atoms with van der Waals surface area (Å²) >= 11 is 0. The Labute approximate surface area is 143 Å². The van der Waals surface area contributed by atoms with Gasteiger partial charge in [-0.1, -0.05) is 25.0 Å². The van der Waals surface area contributed by atoms with Crippen LogP contribution in [0.5, 0.6) is 0 Å². The van der Waals surface area contributed by atoms with Crippen molar-refractivity contribution in [1.29, 1.82) is 5.26 Å². The van der Waals surface area contributed by atoms with E-state index in [0.29, 0.717) is 31.8 Å². The highest BCUT2D eigenvalue weighted by Gasteiger charge is 2.36. The van der Waals surface area contributed by atoms with Gasteiger partial charge in [-0.3, -0.25) is 9.69 Å². The lowest BCUT2D eigenvalue weighted by atomic mass is 9.90. The quantitative estimate of drug-likeness (QED) is 0.850. The van der Waals surface area contributed by atoms with E-state index in [9.17, 15) is 4.79 Å². The fourth-order valence-electron chi connectivity index (χ4n) is 3.78.